The van der Waals surface area contributed by atoms with Crippen LogP contribution in [0.4, 0.5) is 5.69 Å². The van der Waals surface area contributed by atoms with Crippen molar-refractivity contribution in [2.24, 2.45) is 0 Å². The Kier molecular flexibility index (Phi) is 3.85. The van der Waals surface area contributed by atoms with Crippen LogP contribution in [-0.2, 0) is 6.54 Å². The predicted molar refractivity (Wildman–Crippen MR) is 75.8 cm³/mol. The van der Waals surface area contributed by atoms with E-state index in [0.717, 1.165) is 25.8 Å². The molecule has 3 rings (SSSR count). The zero-order chi connectivity index (χ0) is 14.8. The van der Waals surface area contributed by atoms with Gasteiger partial charge in [0.2, 0.25) is 5.89 Å². The molecule has 0 aliphatic carbocycles. The Balaban J connectivity index is 1.82. The molecule has 1 aliphatic heterocycles. The molecule has 2 heterocycles. The van der Waals surface area contributed by atoms with Crippen LogP contribution in [0.2, 0.25) is 0 Å². The van der Waals surface area contributed by atoms with Crippen LogP contribution >= 0.6 is 0 Å². The second-order valence-corrected chi connectivity index (χ2v) is 5.32. The van der Waals surface area contributed by atoms with Crippen LogP contribution in [0.15, 0.2) is 22.6 Å². The van der Waals surface area contributed by atoms with Crippen molar-refractivity contribution in [3.8, 4) is 0 Å². The van der Waals surface area contributed by atoms with Crippen LogP contribution in [0.3, 0.4) is 0 Å². The third-order valence-electron chi connectivity index (χ3n) is 3.92. The number of nitrogens with zero attached hydrogens (tertiary/aromatic N) is 3. The second-order valence-electron chi connectivity index (χ2n) is 5.32. The lowest BCUT2D eigenvalue weighted by atomic mass is 10.0. The van der Waals surface area contributed by atoms with Crippen LogP contribution in [-0.4, -0.2) is 39.1 Å². The predicted octanol–water partition coefficient (Wildman–Crippen LogP) is 2.08. The van der Waals surface area contributed by atoms with Gasteiger partial charge in [-0.05, 0) is 25.5 Å². The average molecular weight is 291 g/mol. The van der Waals surface area contributed by atoms with Crippen LogP contribution < -0.4 is 0 Å². The quantitative estimate of drug-likeness (QED) is 0.685. The van der Waals surface area contributed by atoms with Crippen molar-refractivity contribution >= 4 is 16.8 Å². The van der Waals surface area contributed by atoms with E-state index in [4.69, 9.17) is 4.42 Å². The first-order valence-corrected chi connectivity index (χ1v) is 7.06. The molecule has 0 bridgehead atoms. The summed E-state index contributed by atoms with van der Waals surface area (Å²) in [4.78, 5) is 16.8. The zero-order valence-corrected chi connectivity index (χ0v) is 11.6. The van der Waals surface area contributed by atoms with Crippen LogP contribution in [0.25, 0.3) is 11.1 Å². The van der Waals surface area contributed by atoms with Crippen molar-refractivity contribution in [2.45, 2.75) is 31.8 Å². The molecule has 21 heavy (non-hydrogen) atoms. The van der Waals surface area contributed by atoms with Crippen molar-refractivity contribution in [3.05, 3.63) is 34.2 Å². The Morgan fingerprint density at radius 3 is 3.10 bits per heavy atom. The molecule has 1 aromatic carbocycles. The Labute approximate surface area is 121 Å². The molecule has 0 spiro atoms. The van der Waals surface area contributed by atoms with Gasteiger partial charge in [0.1, 0.15) is 5.52 Å². The number of aromatic nitrogens is 1. The first kappa shape index (κ1) is 14.0. The number of fused-ring (bicyclic) bond motifs is 1. The monoisotopic (exact) mass is 291 g/mol. The number of aliphatic hydroxyl groups excluding tert-OH is 1. The highest BCUT2D eigenvalue weighted by atomic mass is 16.6. The summed E-state index contributed by atoms with van der Waals surface area (Å²) >= 11 is 0. The number of aliphatic hydroxyl groups is 1. The molecule has 1 saturated heterocycles. The number of hydrogen-bond acceptors (Lipinski definition) is 6. The van der Waals surface area contributed by atoms with Gasteiger partial charge >= 0.3 is 0 Å². The minimum Gasteiger partial charge on any atom is -0.439 e. The maximum absolute atomic E-state index is 10.8. The molecular weight excluding hydrogens is 274 g/mol. The molecular formula is C14H17N3O4. The lowest BCUT2D eigenvalue weighted by Crippen LogP contribution is -2.41. The number of nitro groups is 1. The maximum Gasteiger partial charge on any atom is 0.271 e. The van der Waals surface area contributed by atoms with Gasteiger partial charge in [0.25, 0.3) is 5.69 Å². The Morgan fingerprint density at radius 1 is 1.48 bits per heavy atom. The number of hydrogen-bond donors (Lipinski definition) is 1. The summed E-state index contributed by atoms with van der Waals surface area (Å²) < 4.78 is 5.64. The van der Waals surface area contributed by atoms with Gasteiger partial charge < -0.3 is 9.52 Å². The lowest BCUT2D eigenvalue weighted by Gasteiger charge is -2.33. The lowest BCUT2D eigenvalue weighted by molar-refractivity contribution is -0.384. The van der Waals surface area contributed by atoms with Crippen LogP contribution in [0.1, 0.15) is 25.2 Å². The van der Waals surface area contributed by atoms with Crippen molar-refractivity contribution in [1.82, 2.24) is 9.88 Å². The summed E-state index contributed by atoms with van der Waals surface area (Å²) in [5.41, 5.74) is 1.05. The minimum absolute atomic E-state index is 0.00792. The van der Waals surface area contributed by atoms with E-state index in [1.165, 1.54) is 12.1 Å². The Bertz CT molecular complexity index is 655. The standard InChI is InChI=1S/C14H17N3O4/c18-9-11-3-1-2-6-16(11)8-14-15-12-7-10(17(19)20)4-5-13(12)21-14/h4-5,7,11,18H,1-3,6,8-9H2. The molecule has 7 heteroatoms. The van der Waals surface area contributed by atoms with Gasteiger partial charge in [0, 0.05) is 18.2 Å². The fourth-order valence-corrected chi connectivity index (χ4v) is 2.79. The fraction of sp³-hybridized carbons (Fsp3) is 0.500. The van der Waals surface area contributed by atoms with Gasteiger partial charge in [-0.2, -0.15) is 0 Å². The maximum atomic E-state index is 10.8. The summed E-state index contributed by atoms with van der Waals surface area (Å²) in [6, 6.07) is 4.55. The highest BCUT2D eigenvalue weighted by Crippen LogP contribution is 2.24. The van der Waals surface area contributed by atoms with Gasteiger partial charge in [-0.1, -0.05) is 6.42 Å². The SMILES string of the molecule is O=[N+]([O-])c1ccc2oc(CN3CCCCC3CO)nc2c1. The van der Waals surface area contributed by atoms with Gasteiger partial charge in [0.05, 0.1) is 18.1 Å². The van der Waals surface area contributed by atoms with E-state index in [2.05, 4.69) is 9.88 Å². The Morgan fingerprint density at radius 2 is 2.33 bits per heavy atom. The number of oxazole rings is 1. The molecule has 1 aliphatic rings. The van der Waals surface area contributed by atoms with Gasteiger partial charge in [0.15, 0.2) is 5.58 Å². The van der Waals surface area contributed by atoms with Crippen molar-refractivity contribution < 1.29 is 14.4 Å². The van der Waals surface area contributed by atoms with Crippen LogP contribution in [0, 0.1) is 10.1 Å². The van der Waals surface area contributed by atoms with Crippen molar-refractivity contribution in [1.29, 1.82) is 0 Å². The van der Waals surface area contributed by atoms with Crippen molar-refractivity contribution in [2.75, 3.05) is 13.2 Å². The van der Waals surface area contributed by atoms with Gasteiger partial charge in [-0.25, -0.2) is 4.98 Å². The summed E-state index contributed by atoms with van der Waals surface area (Å²) in [5.74, 6) is 0.533. The fourth-order valence-electron chi connectivity index (χ4n) is 2.79. The molecule has 1 N–H and O–H groups in total. The minimum atomic E-state index is -0.444. The molecule has 0 radical (unpaired) electrons. The topological polar surface area (TPSA) is 92.6 Å². The summed E-state index contributed by atoms with van der Waals surface area (Å²) in [7, 11) is 0. The van der Waals surface area contributed by atoms with E-state index >= 15 is 0 Å². The van der Waals surface area contributed by atoms with E-state index in [-0.39, 0.29) is 18.3 Å². The molecule has 1 aromatic heterocycles. The highest BCUT2D eigenvalue weighted by molar-refractivity contribution is 5.75. The molecule has 1 unspecified atom stereocenters. The normalized spacial score (nSPS) is 20.0. The third kappa shape index (κ3) is 2.88. The summed E-state index contributed by atoms with van der Waals surface area (Å²) in [5, 5.41) is 20.2. The smallest absolute Gasteiger partial charge is 0.271 e. The first-order valence-electron chi connectivity index (χ1n) is 7.06. The molecule has 2 aromatic rings. The number of piperidine rings is 1. The largest absolute Gasteiger partial charge is 0.439 e. The van der Waals surface area contributed by atoms with Gasteiger partial charge in [-0.3, -0.25) is 15.0 Å². The highest BCUT2D eigenvalue weighted by Gasteiger charge is 2.23. The molecule has 0 amide bonds. The second kappa shape index (κ2) is 5.79. The molecule has 112 valence electrons. The van der Waals surface area contributed by atoms with E-state index in [9.17, 15) is 15.2 Å². The Hall–Kier alpha value is -1.99. The van der Waals surface area contributed by atoms with E-state index in [1.807, 2.05) is 0 Å². The molecule has 7 nitrogen and oxygen atoms in total. The molecule has 1 atom stereocenters. The average Bonchev–Trinajstić information content (AvgIpc) is 2.89. The van der Waals surface area contributed by atoms with E-state index in [0.29, 0.717) is 23.5 Å². The number of nitro benzene ring substituents is 1. The van der Waals surface area contributed by atoms with Crippen LogP contribution in [0.5, 0.6) is 0 Å². The molecule has 1 fully saturated rings. The van der Waals surface area contributed by atoms with E-state index < -0.39 is 4.92 Å². The number of likely N-dealkylation sites (tertiary alicyclic amines) is 1. The summed E-state index contributed by atoms with van der Waals surface area (Å²) in [6.07, 6.45) is 3.20. The zero-order valence-electron chi connectivity index (χ0n) is 11.6. The number of benzene rings is 1. The molecule has 0 saturated carbocycles. The van der Waals surface area contributed by atoms with Gasteiger partial charge in [-0.15, -0.1) is 0 Å². The first-order chi connectivity index (χ1) is 10.2. The summed E-state index contributed by atoms with van der Waals surface area (Å²) in [6.45, 7) is 1.56. The van der Waals surface area contributed by atoms with E-state index in [1.54, 1.807) is 6.07 Å². The third-order valence-corrected chi connectivity index (χ3v) is 3.92. The number of rotatable bonds is 4. The van der Waals surface area contributed by atoms with Crippen molar-refractivity contribution in [3.63, 3.8) is 0 Å². The number of non-ortho nitro benzene ring substituents is 1.